The summed E-state index contributed by atoms with van der Waals surface area (Å²) in [6.07, 6.45) is 2.57. The average Bonchev–Trinajstić information content (AvgIpc) is 2.84. The van der Waals surface area contributed by atoms with E-state index >= 15 is 0 Å². The molecule has 1 saturated heterocycles. The number of thiophene rings is 1. The van der Waals surface area contributed by atoms with Crippen LogP contribution in [0.4, 0.5) is 0 Å². The van der Waals surface area contributed by atoms with E-state index in [0.717, 1.165) is 18.7 Å². The van der Waals surface area contributed by atoms with Gasteiger partial charge in [-0.3, -0.25) is 4.90 Å². The van der Waals surface area contributed by atoms with Crippen LogP contribution < -0.4 is 0 Å². The van der Waals surface area contributed by atoms with E-state index in [9.17, 15) is 0 Å². The zero-order chi connectivity index (χ0) is 13.7. The quantitative estimate of drug-likeness (QED) is 0.851. The molecule has 1 unspecified atom stereocenters. The standard InChI is InChI=1S/C15H22N2OS/c1-16(2)14-6-3-8-17(11-14)12-15-13(5-4-9-18)7-10-19-15/h7,10,14,18H,3,6,8-9,11-12H2,1-2H3. The molecule has 1 fully saturated rings. The number of rotatable bonds is 3. The van der Waals surface area contributed by atoms with Crippen LogP contribution in [0.3, 0.4) is 0 Å². The first kappa shape index (κ1) is 14.5. The van der Waals surface area contributed by atoms with Gasteiger partial charge in [0.2, 0.25) is 0 Å². The van der Waals surface area contributed by atoms with Gasteiger partial charge in [0.25, 0.3) is 0 Å². The maximum atomic E-state index is 8.79. The Hall–Kier alpha value is -0.860. The SMILES string of the molecule is CN(C)C1CCCN(Cc2sccc2C#CCO)C1. The highest BCUT2D eigenvalue weighted by atomic mass is 32.1. The van der Waals surface area contributed by atoms with Gasteiger partial charge >= 0.3 is 0 Å². The third-order valence-corrected chi connectivity index (χ3v) is 4.53. The summed E-state index contributed by atoms with van der Waals surface area (Å²) in [5.41, 5.74) is 1.08. The van der Waals surface area contributed by atoms with Crippen LogP contribution in [0.15, 0.2) is 11.4 Å². The number of likely N-dealkylation sites (tertiary alicyclic amines) is 1. The number of likely N-dealkylation sites (N-methyl/N-ethyl adjacent to an activating group) is 1. The van der Waals surface area contributed by atoms with Gasteiger partial charge < -0.3 is 10.0 Å². The van der Waals surface area contributed by atoms with Crippen LogP contribution in [-0.2, 0) is 6.54 Å². The minimum absolute atomic E-state index is 0.0678. The Kier molecular flexibility index (Phi) is 5.41. The number of hydrogen-bond acceptors (Lipinski definition) is 4. The van der Waals surface area contributed by atoms with Crippen LogP contribution in [0.1, 0.15) is 23.3 Å². The molecule has 2 rings (SSSR count). The number of piperidine rings is 1. The molecule has 1 atom stereocenters. The molecule has 2 heterocycles. The van der Waals surface area contributed by atoms with Gasteiger partial charge in [-0.05, 0) is 44.9 Å². The Morgan fingerprint density at radius 1 is 1.53 bits per heavy atom. The van der Waals surface area contributed by atoms with Crippen molar-refractivity contribution in [2.75, 3.05) is 33.8 Å². The van der Waals surface area contributed by atoms with Gasteiger partial charge in [-0.15, -0.1) is 11.3 Å². The molecule has 0 aliphatic carbocycles. The first-order valence-electron chi connectivity index (χ1n) is 6.75. The summed E-state index contributed by atoms with van der Waals surface area (Å²) in [4.78, 5) is 6.16. The topological polar surface area (TPSA) is 26.7 Å². The summed E-state index contributed by atoms with van der Waals surface area (Å²) in [6.45, 7) is 3.23. The van der Waals surface area contributed by atoms with E-state index in [4.69, 9.17) is 5.11 Å². The molecule has 0 saturated carbocycles. The van der Waals surface area contributed by atoms with Gasteiger partial charge in [0.15, 0.2) is 0 Å². The second-order valence-corrected chi connectivity index (χ2v) is 6.21. The van der Waals surface area contributed by atoms with Gasteiger partial charge in [0.05, 0.1) is 0 Å². The summed E-state index contributed by atoms with van der Waals surface area (Å²) in [6, 6.07) is 2.72. The molecule has 1 aliphatic rings. The van der Waals surface area contributed by atoms with Crippen LogP contribution >= 0.6 is 11.3 Å². The molecule has 4 heteroatoms. The lowest BCUT2D eigenvalue weighted by molar-refractivity contribution is 0.128. The largest absolute Gasteiger partial charge is 0.384 e. The van der Waals surface area contributed by atoms with Crippen molar-refractivity contribution in [2.24, 2.45) is 0 Å². The van der Waals surface area contributed by atoms with E-state index in [1.165, 1.54) is 24.3 Å². The van der Waals surface area contributed by atoms with Gasteiger partial charge in [-0.2, -0.15) is 0 Å². The van der Waals surface area contributed by atoms with Crippen molar-refractivity contribution >= 4 is 11.3 Å². The van der Waals surface area contributed by atoms with Gasteiger partial charge in [0.1, 0.15) is 6.61 Å². The van der Waals surface area contributed by atoms with Crippen LogP contribution in [0, 0.1) is 11.8 Å². The molecule has 1 aromatic rings. The van der Waals surface area contributed by atoms with Crippen LogP contribution in [0.2, 0.25) is 0 Å². The van der Waals surface area contributed by atoms with Crippen molar-refractivity contribution in [1.29, 1.82) is 0 Å². The predicted molar refractivity (Wildman–Crippen MR) is 80.3 cm³/mol. The summed E-state index contributed by atoms with van der Waals surface area (Å²) in [5.74, 6) is 5.78. The van der Waals surface area contributed by atoms with Crippen molar-refractivity contribution in [2.45, 2.75) is 25.4 Å². The molecule has 1 aliphatic heterocycles. The highest BCUT2D eigenvalue weighted by Crippen LogP contribution is 2.21. The highest BCUT2D eigenvalue weighted by molar-refractivity contribution is 7.10. The second kappa shape index (κ2) is 7.06. The summed E-state index contributed by atoms with van der Waals surface area (Å²) >= 11 is 1.76. The van der Waals surface area contributed by atoms with E-state index in [2.05, 4.69) is 47.2 Å². The fourth-order valence-electron chi connectivity index (χ4n) is 2.51. The number of hydrogen-bond donors (Lipinski definition) is 1. The predicted octanol–water partition coefficient (Wildman–Crippen LogP) is 1.62. The van der Waals surface area contributed by atoms with Gasteiger partial charge in [0, 0.05) is 29.6 Å². The third-order valence-electron chi connectivity index (χ3n) is 3.63. The Balaban J connectivity index is 1.99. The van der Waals surface area contributed by atoms with Gasteiger partial charge in [-0.1, -0.05) is 11.8 Å². The fraction of sp³-hybridized carbons (Fsp3) is 0.600. The second-order valence-electron chi connectivity index (χ2n) is 5.21. The number of aliphatic hydroxyl groups excluding tert-OH is 1. The zero-order valence-electron chi connectivity index (χ0n) is 11.7. The van der Waals surface area contributed by atoms with E-state index in [-0.39, 0.29) is 6.61 Å². The van der Waals surface area contributed by atoms with Crippen molar-refractivity contribution in [1.82, 2.24) is 9.80 Å². The summed E-state index contributed by atoms with van der Waals surface area (Å²) < 4.78 is 0. The third kappa shape index (κ3) is 4.05. The minimum atomic E-state index is -0.0678. The van der Waals surface area contributed by atoms with Crippen molar-refractivity contribution < 1.29 is 5.11 Å². The van der Waals surface area contributed by atoms with Crippen molar-refractivity contribution in [3.05, 3.63) is 21.9 Å². The Morgan fingerprint density at radius 2 is 2.37 bits per heavy atom. The lowest BCUT2D eigenvalue weighted by Crippen LogP contribution is -2.44. The lowest BCUT2D eigenvalue weighted by atomic mass is 10.0. The number of nitrogens with zero attached hydrogens (tertiary/aromatic N) is 2. The smallest absolute Gasteiger partial charge is 0.104 e. The molecular weight excluding hydrogens is 256 g/mol. The van der Waals surface area contributed by atoms with Crippen LogP contribution in [0.25, 0.3) is 0 Å². The molecule has 0 amide bonds. The van der Waals surface area contributed by atoms with E-state index in [1.807, 2.05) is 0 Å². The first-order valence-corrected chi connectivity index (χ1v) is 7.63. The molecule has 0 bridgehead atoms. The van der Waals surface area contributed by atoms with Crippen molar-refractivity contribution in [3.8, 4) is 11.8 Å². The first-order chi connectivity index (χ1) is 9.20. The van der Waals surface area contributed by atoms with Crippen LogP contribution in [-0.4, -0.2) is 54.7 Å². The average molecular weight is 278 g/mol. The molecule has 0 radical (unpaired) electrons. The molecule has 0 aromatic carbocycles. The molecule has 104 valence electrons. The normalized spacial score (nSPS) is 20.3. The molecule has 1 aromatic heterocycles. The summed E-state index contributed by atoms with van der Waals surface area (Å²) in [7, 11) is 4.33. The summed E-state index contributed by atoms with van der Waals surface area (Å²) in [5, 5.41) is 10.9. The molecular formula is C15H22N2OS. The Morgan fingerprint density at radius 3 is 3.11 bits per heavy atom. The van der Waals surface area contributed by atoms with Crippen LogP contribution in [0.5, 0.6) is 0 Å². The van der Waals surface area contributed by atoms with E-state index in [0.29, 0.717) is 6.04 Å². The van der Waals surface area contributed by atoms with Crippen molar-refractivity contribution in [3.63, 3.8) is 0 Å². The molecule has 0 spiro atoms. The van der Waals surface area contributed by atoms with Gasteiger partial charge in [-0.25, -0.2) is 0 Å². The van der Waals surface area contributed by atoms with E-state index in [1.54, 1.807) is 11.3 Å². The maximum absolute atomic E-state index is 8.79. The molecule has 1 N–H and O–H groups in total. The number of aliphatic hydroxyl groups is 1. The zero-order valence-corrected chi connectivity index (χ0v) is 12.5. The maximum Gasteiger partial charge on any atom is 0.104 e. The Labute approximate surface area is 119 Å². The monoisotopic (exact) mass is 278 g/mol. The minimum Gasteiger partial charge on any atom is -0.384 e. The van der Waals surface area contributed by atoms with E-state index < -0.39 is 0 Å². The lowest BCUT2D eigenvalue weighted by Gasteiger charge is -2.36. The fourth-order valence-corrected chi connectivity index (χ4v) is 3.38. The molecule has 3 nitrogen and oxygen atoms in total. The Bertz CT molecular complexity index is 458. The highest BCUT2D eigenvalue weighted by Gasteiger charge is 2.22. The molecule has 19 heavy (non-hydrogen) atoms.